The fraction of sp³-hybridized carbons (Fsp3) is 0.333. The van der Waals surface area contributed by atoms with Crippen molar-refractivity contribution < 1.29 is 9.90 Å². The Bertz CT molecular complexity index is 640. The number of nitrogens with zero attached hydrogens (tertiary/aromatic N) is 1. The minimum absolute atomic E-state index is 0.170. The standard InChI is InChI=1S/C15H16N2O2S/c1-9-8-10(18)6-7-11(9)14(19)17-15-16-12-4-2-3-5-13(12)20-15/h6-8,18H,2-5H2,1H3,(H,16,17,19). The highest BCUT2D eigenvalue weighted by atomic mass is 32.1. The summed E-state index contributed by atoms with van der Waals surface area (Å²) in [4.78, 5) is 18.0. The summed E-state index contributed by atoms with van der Waals surface area (Å²) in [5, 5.41) is 12.9. The summed E-state index contributed by atoms with van der Waals surface area (Å²) >= 11 is 1.57. The molecule has 1 aromatic heterocycles. The monoisotopic (exact) mass is 288 g/mol. The summed E-state index contributed by atoms with van der Waals surface area (Å²) in [5.74, 6) is -0.00244. The summed E-state index contributed by atoms with van der Waals surface area (Å²) in [6.07, 6.45) is 4.47. The van der Waals surface area contributed by atoms with Crippen molar-refractivity contribution in [3.05, 3.63) is 39.9 Å². The third-order valence-electron chi connectivity index (χ3n) is 3.52. The van der Waals surface area contributed by atoms with Crippen LogP contribution in [0.4, 0.5) is 5.13 Å². The molecule has 0 saturated carbocycles. The number of rotatable bonds is 2. The third kappa shape index (κ3) is 2.54. The van der Waals surface area contributed by atoms with Crippen LogP contribution in [0.5, 0.6) is 5.75 Å². The number of phenolic OH excluding ortho intramolecular Hbond substituents is 1. The van der Waals surface area contributed by atoms with Gasteiger partial charge in [-0.25, -0.2) is 4.98 Å². The lowest BCUT2D eigenvalue weighted by Crippen LogP contribution is -2.13. The Hall–Kier alpha value is -1.88. The second kappa shape index (κ2) is 5.25. The zero-order valence-corrected chi connectivity index (χ0v) is 12.1. The van der Waals surface area contributed by atoms with E-state index in [1.54, 1.807) is 23.5 Å². The molecule has 1 amide bonds. The predicted molar refractivity (Wildman–Crippen MR) is 79.6 cm³/mol. The molecule has 0 fully saturated rings. The highest BCUT2D eigenvalue weighted by Gasteiger charge is 2.17. The first-order chi connectivity index (χ1) is 9.63. The lowest BCUT2D eigenvalue weighted by atomic mass is 10.0. The summed E-state index contributed by atoms with van der Waals surface area (Å²) in [6, 6.07) is 4.74. The highest BCUT2D eigenvalue weighted by molar-refractivity contribution is 7.15. The number of phenols is 1. The van der Waals surface area contributed by atoms with Crippen LogP contribution in [0.15, 0.2) is 18.2 Å². The lowest BCUT2D eigenvalue weighted by Gasteiger charge is -2.06. The Morgan fingerprint density at radius 1 is 1.35 bits per heavy atom. The summed E-state index contributed by atoms with van der Waals surface area (Å²) in [7, 11) is 0. The molecule has 5 heteroatoms. The number of hydrogen-bond donors (Lipinski definition) is 2. The van der Waals surface area contributed by atoms with Gasteiger partial charge in [0.1, 0.15) is 5.75 Å². The first-order valence-electron chi connectivity index (χ1n) is 6.73. The average molecular weight is 288 g/mol. The number of benzene rings is 1. The first kappa shape index (κ1) is 13.1. The maximum Gasteiger partial charge on any atom is 0.257 e. The van der Waals surface area contributed by atoms with Crippen molar-refractivity contribution >= 4 is 22.4 Å². The van der Waals surface area contributed by atoms with E-state index in [-0.39, 0.29) is 11.7 Å². The molecule has 0 saturated heterocycles. The normalized spacial score (nSPS) is 13.8. The Morgan fingerprint density at radius 3 is 2.90 bits per heavy atom. The second-order valence-corrected chi connectivity index (χ2v) is 6.13. The molecule has 1 heterocycles. The fourth-order valence-corrected chi connectivity index (χ4v) is 3.52. The largest absolute Gasteiger partial charge is 0.508 e. The van der Waals surface area contributed by atoms with E-state index in [2.05, 4.69) is 10.3 Å². The van der Waals surface area contributed by atoms with E-state index in [1.807, 2.05) is 6.92 Å². The van der Waals surface area contributed by atoms with Gasteiger partial charge in [0.25, 0.3) is 5.91 Å². The van der Waals surface area contributed by atoms with Crippen LogP contribution in [0.1, 0.15) is 39.3 Å². The van der Waals surface area contributed by atoms with Crippen LogP contribution >= 0.6 is 11.3 Å². The number of thiazole rings is 1. The van der Waals surface area contributed by atoms with E-state index >= 15 is 0 Å². The molecule has 1 aromatic carbocycles. The van der Waals surface area contributed by atoms with Crippen LogP contribution in [-0.2, 0) is 12.8 Å². The van der Waals surface area contributed by atoms with Crippen molar-refractivity contribution in [2.24, 2.45) is 0 Å². The van der Waals surface area contributed by atoms with Gasteiger partial charge in [-0.2, -0.15) is 0 Å². The Morgan fingerprint density at radius 2 is 2.15 bits per heavy atom. The smallest absolute Gasteiger partial charge is 0.257 e. The molecule has 0 radical (unpaired) electrons. The topological polar surface area (TPSA) is 62.2 Å². The summed E-state index contributed by atoms with van der Waals surface area (Å²) in [5.41, 5.74) is 2.46. The van der Waals surface area contributed by atoms with Crippen molar-refractivity contribution in [2.45, 2.75) is 32.6 Å². The zero-order chi connectivity index (χ0) is 14.1. The number of aryl methyl sites for hydroxylation is 3. The minimum atomic E-state index is -0.173. The van der Waals surface area contributed by atoms with Gasteiger partial charge >= 0.3 is 0 Å². The van der Waals surface area contributed by atoms with Gasteiger partial charge in [0, 0.05) is 10.4 Å². The van der Waals surface area contributed by atoms with Gasteiger partial charge in [0.15, 0.2) is 5.13 Å². The Balaban J connectivity index is 1.80. The number of carbonyl (C=O) groups excluding carboxylic acids is 1. The Labute approximate surface area is 121 Å². The van der Waals surface area contributed by atoms with Gasteiger partial charge in [-0.1, -0.05) is 0 Å². The fourth-order valence-electron chi connectivity index (χ4n) is 2.47. The number of anilines is 1. The molecule has 1 aliphatic carbocycles. The van der Waals surface area contributed by atoms with E-state index in [0.29, 0.717) is 10.7 Å². The number of aromatic nitrogens is 1. The molecule has 2 N–H and O–H groups in total. The highest BCUT2D eigenvalue weighted by Crippen LogP contribution is 2.30. The molecule has 2 aromatic rings. The number of carbonyl (C=O) groups is 1. The van der Waals surface area contributed by atoms with Crippen LogP contribution in [-0.4, -0.2) is 16.0 Å². The molecule has 104 valence electrons. The van der Waals surface area contributed by atoms with Gasteiger partial charge < -0.3 is 5.11 Å². The van der Waals surface area contributed by atoms with Crippen LogP contribution in [0.3, 0.4) is 0 Å². The van der Waals surface area contributed by atoms with Crippen LogP contribution < -0.4 is 5.32 Å². The van der Waals surface area contributed by atoms with Crippen LogP contribution in [0, 0.1) is 6.92 Å². The van der Waals surface area contributed by atoms with E-state index in [0.717, 1.165) is 24.1 Å². The average Bonchev–Trinajstić information content (AvgIpc) is 2.80. The van der Waals surface area contributed by atoms with Crippen molar-refractivity contribution in [1.29, 1.82) is 0 Å². The molecule has 4 nitrogen and oxygen atoms in total. The molecule has 0 unspecified atom stereocenters. The number of nitrogens with one attached hydrogen (secondary N) is 1. The molecular weight excluding hydrogens is 272 g/mol. The van der Waals surface area contributed by atoms with Gasteiger partial charge in [0.05, 0.1) is 5.69 Å². The number of amides is 1. The van der Waals surface area contributed by atoms with Crippen LogP contribution in [0.2, 0.25) is 0 Å². The van der Waals surface area contributed by atoms with Crippen molar-refractivity contribution in [3.63, 3.8) is 0 Å². The summed E-state index contributed by atoms with van der Waals surface area (Å²) in [6.45, 7) is 1.81. The molecule has 0 aliphatic heterocycles. The van der Waals surface area contributed by atoms with Crippen molar-refractivity contribution in [3.8, 4) is 5.75 Å². The predicted octanol–water partition coefficient (Wildman–Crippen LogP) is 3.29. The maximum atomic E-state index is 12.2. The molecular formula is C15H16N2O2S. The molecule has 0 atom stereocenters. The second-order valence-electron chi connectivity index (χ2n) is 5.05. The number of aromatic hydroxyl groups is 1. The summed E-state index contributed by atoms with van der Waals surface area (Å²) < 4.78 is 0. The van der Waals surface area contributed by atoms with E-state index in [1.165, 1.54) is 23.8 Å². The van der Waals surface area contributed by atoms with Gasteiger partial charge in [-0.3, -0.25) is 10.1 Å². The SMILES string of the molecule is Cc1cc(O)ccc1C(=O)Nc1nc2c(s1)CCCC2. The Kier molecular flexibility index (Phi) is 3.44. The van der Waals surface area contributed by atoms with E-state index in [9.17, 15) is 9.90 Å². The molecule has 0 bridgehead atoms. The number of hydrogen-bond acceptors (Lipinski definition) is 4. The van der Waals surface area contributed by atoms with Gasteiger partial charge in [-0.15, -0.1) is 11.3 Å². The van der Waals surface area contributed by atoms with Crippen LogP contribution in [0.25, 0.3) is 0 Å². The quantitative estimate of drug-likeness (QED) is 0.891. The zero-order valence-electron chi connectivity index (χ0n) is 11.3. The maximum absolute atomic E-state index is 12.2. The first-order valence-corrected chi connectivity index (χ1v) is 7.54. The molecule has 3 rings (SSSR count). The van der Waals surface area contributed by atoms with E-state index < -0.39 is 0 Å². The van der Waals surface area contributed by atoms with Crippen molar-refractivity contribution in [2.75, 3.05) is 5.32 Å². The van der Waals surface area contributed by atoms with Gasteiger partial charge in [0.2, 0.25) is 0 Å². The third-order valence-corrected chi connectivity index (χ3v) is 4.59. The number of fused-ring (bicyclic) bond motifs is 1. The van der Waals surface area contributed by atoms with Gasteiger partial charge in [-0.05, 0) is 56.4 Å². The minimum Gasteiger partial charge on any atom is -0.508 e. The lowest BCUT2D eigenvalue weighted by molar-refractivity contribution is 0.102. The molecule has 20 heavy (non-hydrogen) atoms. The molecule has 0 spiro atoms. The van der Waals surface area contributed by atoms with Crippen molar-refractivity contribution in [1.82, 2.24) is 4.98 Å². The van der Waals surface area contributed by atoms with E-state index in [4.69, 9.17) is 0 Å². The molecule has 1 aliphatic rings.